The molecule has 36 heavy (non-hydrogen) atoms. The van der Waals surface area contributed by atoms with Gasteiger partial charge in [0.2, 0.25) is 5.91 Å². The Morgan fingerprint density at radius 2 is 1.72 bits per heavy atom. The minimum absolute atomic E-state index is 0.0480. The molecule has 0 saturated carbocycles. The van der Waals surface area contributed by atoms with Gasteiger partial charge in [0.1, 0.15) is 11.3 Å². The van der Waals surface area contributed by atoms with Gasteiger partial charge in [0.15, 0.2) is 0 Å². The summed E-state index contributed by atoms with van der Waals surface area (Å²) in [7, 11) is 1.80. The summed E-state index contributed by atoms with van der Waals surface area (Å²) < 4.78 is 5.35. The van der Waals surface area contributed by atoms with Crippen LogP contribution in [-0.2, 0) is 21.5 Å². The molecule has 1 unspecified atom stereocenters. The van der Waals surface area contributed by atoms with Crippen molar-refractivity contribution in [3.8, 4) is 0 Å². The van der Waals surface area contributed by atoms with Gasteiger partial charge in [-0.3, -0.25) is 14.9 Å². The van der Waals surface area contributed by atoms with Crippen LogP contribution in [0.15, 0.2) is 48.5 Å². The van der Waals surface area contributed by atoms with Crippen molar-refractivity contribution in [3.63, 3.8) is 0 Å². The molecule has 0 aromatic heterocycles. The number of rotatable bonds is 8. The summed E-state index contributed by atoms with van der Waals surface area (Å²) in [6, 6.07) is 14.6. The van der Waals surface area contributed by atoms with E-state index in [1.807, 2.05) is 35.2 Å². The van der Waals surface area contributed by atoms with Crippen LogP contribution in [0.1, 0.15) is 51.7 Å². The quantitative estimate of drug-likeness (QED) is 0.422. The van der Waals surface area contributed by atoms with Crippen molar-refractivity contribution in [2.24, 2.45) is 0 Å². The van der Waals surface area contributed by atoms with Crippen molar-refractivity contribution in [2.45, 2.75) is 58.1 Å². The van der Waals surface area contributed by atoms with Gasteiger partial charge >= 0.3 is 6.09 Å². The van der Waals surface area contributed by atoms with E-state index in [0.717, 1.165) is 18.4 Å². The smallest absolute Gasteiger partial charge is 0.407 e. The molecule has 194 valence electrons. The summed E-state index contributed by atoms with van der Waals surface area (Å²) >= 11 is 0. The van der Waals surface area contributed by atoms with E-state index in [-0.39, 0.29) is 18.1 Å². The average Bonchev–Trinajstić information content (AvgIpc) is 3.36. The van der Waals surface area contributed by atoms with E-state index in [1.54, 1.807) is 51.8 Å². The summed E-state index contributed by atoms with van der Waals surface area (Å²) in [5, 5.41) is 14.8. The first-order chi connectivity index (χ1) is 16.9. The third-order valence-electron chi connectivity index (χ3n) is 6.33. The maximum absolute atomic E-state index is 13.7. The summed E-state index contributed by atoms with van der Waals surface area (Å²) in [4.78, 5) is 41.3. The van der Waals surface area contributed by atoms with E-state index in [2.05, 4.69) is 5.32 Å². The van der Waals surface area contributed by atoms with Crippen LogP contribution in [0.25, 0.3) is 0 Å². The number of alkyl carbamates (subject to hydrolysis) is 1. The molecule has 1 heterocycles. The number of nitrogens with zero attached hydrogens (tertiary/aromatic N) is 3. The number of ether oxygens (including phenoxy) is 1. The van der Waals surface area contributed by atoms with Gasteiger partial charge in [-0.2, -0.15) is 0 Å². The lowest BCUT2D eigenvalue weighted by atomic mass is 9.80. The molecule has 0 aliphatic carbocycles. The average molecular weight is 497 g/mol. The molecule has 3 rings (SSSR count). The second kappa shape index (κ2) is 11.0. The number of carbonyl (C=O) groups excluding carboxylic acids is 2. The highest BCUT2D eigenvalue weighted by molar-refractivity contribution is 5.89. The van der Waals surface area contributed by atoms with Crippen LogP contribution in [0.2, 0.25) is 0 Å². The predicted molar refractivity (Wildman–Crippen MR) is 139 cm³/mol. The lowest BCUT2D eigenvalue weighted by Gasteiger charge is -2.34. The molecule has 1 N–H and O–H groups in total. The molecule has 0 radical (unpaired) electrons. The van der Waals surface area contributed by atoms with E-state index in [4.69, 9.17) is 4.74 Å². The van der Waals surface area contributed by atoms with Crippen molar-refractivity contribution in [1.82, 2.24) is 10.2 Å². The molecule has 2 aromatic carbocycles. The topological polar surface area (TPSA) is 105 Å². The Balaban J connectivity index is 1.95. The number of amides is 2. The number of hydrogen-bond acceptors (Lipinski definition) is 6. The summed E-state index contributed by atoms with van der Waals surface area (Å²) in [5.41, 5.74) is -0.0495. The number of nitrogens with one attached hydrogen (secondary N) is 1. The number of hydrogen-bond donors (Lipinski definition) is 1. The molecule has 9 nitrogen and oxygen atoms in total. The Labute approximate surface area is 212 Å². The molecule has 1 aliphatic rings. The van der Waals surface area contributed by atoms with E-state index in [9.17, 15) is 19.7 Å². The van der Waals surface area contributed by atoms with Gasteiger partial charge in [-0.1, -0.05) is 36.4 Å². The Kier molecular flexibility index (Phi) is 8.22. The first-order valence-corrected chi connectivity index (χ1v) is 12.2. The standard InChI is InChI=1S/C27H36N4O5/c1-26(2,3)36-25(33)28-19-27(4,24(32)30-15-9-10-16-30)21-13-14-22(23(17-21)31(34)35)29(5)18-20-11-7-6-8-12-20/h6-8,11-14,17H,9-10,15-16,18-19H2,1-5H3,(H,28,33). The van der Waals surface area contributed by atoms with E-state index in [0.29, 0.717) is 30.9 Å². The van der Waals surface area contributed by atoms with E-state index in [1.165, 1.54) is 6.07 Å². The molecule has 9 heteroatoms. The molecule has 2 aromatic rings. The Bertz CT molecular complexity index is 1090. The zero-order valence-electron chi connectivity index (χ0n) is 21.7. The van der Waals surface area contributed by atoms with Crippen LogP contribution < -0.4 is 10.2 Å². The molecule has 1 atom stereocenters. The van der Waals surface area contributed by atoms with Crippen molar-refractivity contribution in [1.29, 1.82) is 0 Å². The zero-order valence-corrected chi connectivity index (χ0v) is 21.7. The van der Waals surface area contributed by atoms with Gasteiger partial charge in [-0.15, -0.1) is 0 Å². The Hall–Kier alpha value is -3.62. The van der Waals surface area contributed by atoms with Gasteiger partial charge < -0.3 is 19.9 Å². The Morgan fingerprint density at radius 1 is 1.08 bits per heavy atom. The summed E-state index contributed by atoms with van der Waals surface area (Å²) in [5.74, 6) is -0.171. The molecule has 1 fully saturated rings. The van der Waals surface area contributed by atoms with Crippen molar-refractivity contribution in [3.05, 3.63) is 69.8 Å². The number of nitro benzene ring substituents is 1. The summed E-state index contributed by atoms with van der Waals surface area (Å²) in [6.07, 6.45) is 1.17. The largest absolute Gasteiger partial charge is 0.444 e. The predicted octanol–water partition coefficient (Wildman–Crippen LogP) is 4.64. The van der Waals surface area contributed by atoms with Gasteiger partial charge in [-0.05, 0) is 57.7 Å². The minimum Gasteiger partial charge on any atom is -0.444 e. The van der Waals surface area contributed by atoms with Gasteiger partial charge in [0, 0.05) is 39.3 Å². The van der Waals surface area contributed by atoms with Crippen molar-refractivity contribution < 1.29 is 19.2 Å². The normalized spacial score (nSPS) is 15.2. The number of anilines is 1. The van der Waals surface area contributed by atoms with Crippen LogP contribution in [0.4, 0.5) is 16.2 Å². The van der Waals surface area contributed by atoms with Gasteiger partial charge in [0.25, 0.3) is 5.69 Å². The van der Waals surface area contributed by atoms with E-state index >= 15 is 0 Å². The van der Waals surface area contributed by atoms with Crippen LogP contribution in [0.5, 0.6) is 0 Å². The monoisotopic (exact) mass is 496 g/mol. The van der Waals surface area contributed by atoms with Crippen LogP contribution in [0.3, 0.4) is 0 Å². The zero-order chi connectivity index (χ0) is 26.5. The van der Waals surface area contributed by atoms with Crippen molar-refractivity contribution >= 4 is 23.4 Å². The maximum atomic E-state index is 13.7. The maximum Gasteiger partial charge on any atom is 0.407 e. The highest BCUT2D eigenvalue weighted by Crippen LogP contribution is 2.35. The second-order valence-electron chi connectivity index (χ2n) is 10.5. The van der Waals surface area contributed by atoms with Gasteiger partial charge in [0.05, 0.1) is 10.3 Å². The SMILES string of the molecule is CN(Cc1ccccc1)c1ccc(C(C)(CNC(=O)OC(C)(C)C)C(=O)N2CCCC2)cc1[N+](=O)[O-]. The first kappa shape index (κ1) is 27.0. The van der Waals surface area contributed by atoms with Gasteiger partial charge in [-0.25, -0.2) is 4.79 Å². The first-order valence-electron chi connectivity index (χ1n) is 12.2. The fourth-order valence-corrected chi connectivity index (χ4v) is 4.41. The molecule has 0 bridgehead atoms. The highest BCUT2D eigenvalue weighted by Gasteiger charge is 2.41. The summed E-state index contributed by atoms with van der Waals surface area (Å²) in [6.45, 7) is 8.69. The fourth-order valence-electron chi connectivity index (χ4n) is 4.41. The lowest BCUT2D eigenvalue weighted by molar-refractivity contribution is -0.384. The third kappa shape index (κ3) is 6.53. The highest BCUT2D eigenvalue weighted by atomic mass is 16.6. The number of likely N-dealkylation sites (tertiary alicyclic amines) is 1. The van der Waals surface area contributed by atoms with E-state index < -0.39 is 22.0 Å². The molecule has 2 amide bonds. The molecular weight excluding hydrogens is 460 g/mol. The Morgan fingerprint density at radius 3 is 2.31 bits per heavy atom. The number of carbonyl (C=O) groups is 2. The fraction of sp³-hybridized carbons (Fsp3) is 0.481. The minimum atomic E-state index is -1.21. The third-order valence-corrected chi connectivity index (χ3v) is 6.33. The van der Waals surface area contributed by atoms with Crippen LogP contribution >= 0.6 is 0 Å². The molecule has 1 saturated heterocycles. The molecule has 1 aliphatic heterocycles. The lowest BCUT2D eigenvalue weighted by Crippen LogP contribution is -2.51. The van der Waals surface area contributed by atoms with Crippen LogP contribution in [-0.4, -0.2) is 54.1 Å². The number of nitro groups is 1. The van der Waals surface area contributed by atoms with Crippen LogP contribution in [0, 0.1) is 10.1 Å². The van der Waals surface area contributed by atoms with Crippen molar-refractivity contribution in [2.75, 3.05) is 31.6 Å². The molecule has 0 spiro atoms. The second-order valence-corrected chi connectivity index (χ2v) is 10.5. The molecular formula is C27H36N4O5. The number of benzene rings is 2.